The second-order valence-corrected chi connectivity index (χ2v) is 9.01. The van der Waals surface area contributed by atoms with Crippen LogP contribution in [0.1, 0.15) is 36.0 Å². The summed E-state index contributed by atoms with van der Waals surface area (Å²) in [6.45, 7) is 0.806. The van der Waals surface area contributed by atoms with E-state index in [2.05, 4.69) is 10.6 Å². The minimum Gasteiger partial charge on any atom is -0.354 e. The van der Waals surface area contributed by atoms with Gasteiger partial charge in [-0.2, -0.15) is 4.31 Å². The summed E-state index contributed by atoms with van der Waals surface area (Å²) in [7, 11) is -3.83. The number of sulfonamides is 1. The van der Waals surface area contributed by atoms with Gasteiger partial charge in [-0.15, -0.1) is 12.4 Å². The van der Waals surface area contributed by atoms with Gasteiger partial charge in [0.25, 0.3) is 5.91 Å². The summed E-state index contributed by atoms with van der Waals surface area (Å²) in [6, 6.07) is 5.98. The van der Waals surface area contributed by atoms with Crippen LogP contribution in [0.2, 0.25) is 0 Å². The summed E-state index contributed by atoms with van der Waals surface area (Å²) in [4.78, 5) is 24.2. The minimum absolute atomic E-state index is 0. The van der Waals surface area contributed by atoms with Gasteiger partial charge >= 0.3 is 0 Å². The fourth-order valence-electron chi connectivity index (χ4n) is 3.70. The van der Waals surface area contributed by atoms with Crippen LogP contribution in [0.3, 0.4) is 0 Å². The van der Waals surface area contributed by atoms with Crippen LogP contribution >= 0.6 is 12.4 Å². The van der Waals surface area contributed by atoms with Crippen LogP contribution in [-0.4, -0.2) is 56.8 Å². The summed E-state index contributed by atoms with van der Waals surface area (Å²) in [5, 5.41) is 5.61. The van der Waals surface area contributed by atoms with Gasteiger partial charge in [0, 0.05) is 24.7 Å². The minimum atomic E-state index is -3.83. The van der Waals surface area contributed by atoms with Crippen LogP contribution < -0.4 is 16.4 Å². The van der Waals surface area contributed by atoms with E-state index < -0.39 is 10.0 Å². The number of rotatable bonds is 5. The molecule has 2 unspecified atom stereocenters. The molecule has 2 aliphatic rings. The molecule has 1 saturated heterocycles. The molecule has 28 heavy (non-hydrogen) atoms. The Morgan fingerprint density at radius 2 is 2.04 bits per heavy atom. The van der Waals surface area contributed by atoms with Crippen molar-refractivity contribution < 1.29 is 18.0 Å². The molecule has 1 aliphatic carbocycles. The second kappa shape index (κ2) is 9.69. The highest BCUT2D eigenvalue weighted by atomic mass is 35.5. The molecule has 0 radical (unpaired) electrons. The fraction of sp³-hybridized carbons (Fsp3) is 0.556. The Morgan fingerprint density at radius 3 is 2.75 bits per heavy atom. The molecule has 0 bridgehead atoms. The summed E-state index contributed by atoms with van der Waals surface area (Å²) in [6.07, 6.45) is 4.04. The predicted octanol–water partition coefficient (Wildman–Crippen LogP) is 0.476. The number of piperazine rings is 1. The Bertz CT molecular complexity index is 818. The molecule has 0 aromatic heterocycles. The van der Waals surface area contributed by atoms with E-state index in [1.54, 1.807) is 12.1 Å². The van der Waals surface area contributed by atoms with E-state index in [1.165, 1.54) is 12.1 Å². The lowest BCUT2D eigenvalue weighted by molar-refractivity contribution is -0.122. The lowest BCUT2D eigenvalue weighted by Gasteiger charge is -2.31. The maximum absolute atomic E-state index is 12.8. The first-order valence-corrected chi connectivity index (χ1v) is 10.7. The lowest BCUT2D eigenvalue weighted by Crippen LogP contribution is -2.49. The molecule has 3 rings (SSSR count). The molecule has 4 N–H and O–H groups in total. The van der Waals surface area contributed by atoms with Crippen molar-refractivity contribution >= 4 is 34.2 Å². The third kappa shape index (κ3) is 5.02. The molecule has 1 aromatic carbocycles. The summed E-state index contributed by atoms with van der Waals surface area (Å²) >= 11 is 0. The van der Waals surface area contributed by atoms with Crippen molar-refractivity contribution in [3.63, 3.8) is 0 Å². The Labute approximate surface area is 171 Å². The average molecular weight is 431 g/mol. The molecular formula is C18H27ClN4O4S. The molecule has 2 fully saturated rings. The maximum atomic E-state index is 12.8. The maximum Gasteiger partial charge on any atom is 0.251 e. The van der Waals surface area contributed by atoms with E-state index in [0.29, 0.717) is 12.1 Å². The Morgan fingerprint density at radius 1 is 1.29 bits per heavy atom. The van der Waals surface area contributed by atoms with E-state index >= 15 is 0 Å². The zero-order valence-corrected chi connectivity index (χ0v) is 17.2. The molecular weight excluding hydrogens is 404 g/mol. The van der Waals surface area contributed by atoms with Crippen LogP contribution in [0, 0.1) is 5.92 Å². The highest BCUT2D eigenvalue weighted by Crippen LogP contribution is 2.24. The predicted molar refractivity (Wildman–Crippen MR) is 108 cm³/mol. The monoisotopic (exact) mass is 430 g/mol. The molecule has 1 aliphatic heterocycles. The molecule has 1 aromatic rings. The Kier molecular flexibility index (Phi) is 7.82. The first-order chi connectivity index (χ1) is 12.9. The van der Waals surface area contributed by atoms with Gasteiger partial charge in [0.1, 0.15) is 0 Å². The Balaban J connectivity index is 0.00000280. The molecule has 156 valence electrons. The van der Waals surface area contributed by atoms with Gasteiger partial charge in [-0.25, -0.2) is 8.42 Å². The molecule has 10 heteroatoms. The number of nitrogens with one attached hydrogen (secondary N) is 2. The fourth-order valence-corrected chi connectivity index (χ4v) is 5.14. The SMILES string of the molecule is Cl.NCC1CCCCC1NC(=O)c1cccc(S(=O)(=O)N2CCNC(=O)C2)c1. The number of halogens is 1. The number of nitrogens with zero attached hydrogens (tertiary/aromatic N) is 1. The third-order valence-electron chi connectivity index (χ3n) is 5.27. The zero-order chi connectivity index (χ0) is 19.4. The zero-order valence-electron chi connectivity index (χ0n) is 15.6. The van der Waals surface area contributed by atoms with Gasteiger partial charge in [-0.05, 0) is 43.5 Å². The number of amides is 2. The highest BCUT2D eigenvalue weighted by Gasteiger charge is 2.30. The number of benzene rings is 1. The van der Waals surface area contributed by atoms with E-state index in [-0.39, 0.29) is 60.7 Å². The Hall–Kier alpha value is -1.68. The molecule has 1 heterocycles. The second-order valence-electron chi connectivity index (χ2n) is 7.08. The van der Waals surface area contributed by atoms with E-state index in [9.17, 15) is 18.0 Å². The van der Waals surface area contributed by atoms with Crippen LogP contribution in [0.25, 0.3) is 0 Å². The summed E-state index contributed by atoms with van der Waals surface area (Å²) in [5.41, 5.74) is 6.10. The van der Waals surface area contributed by atoms with Crippen molar-refractivity contribution in [3.8, 4) is 0 Å². The van der Waals surface area contributed by atoms with Crippen LogP contribution in [0.15, 0.2) is 29.2 Å². The van der Waals surface area contributed by atoms with Crippen molar-refractivity contribution in [1.82, 2.24) is 14.9 Å². The van der Waals surface area contributed by atoms with E-state index in [1.807, 2.05) is 0 Å². The summed E-state index contributed by atoms with van der Waals surface area (Å²) in [5.74, 6) is -0.376. The number of carbonyl (C=O) groups excluding carboxylic acids is 2. The van der Waals surface area contributed by atoms with Crippen LogP contribution in [-0.2, 0) is 14.8 Å². The quantitative estimate of drug-likeness (QED) is 0.627. The van der Waals surface area contributed by atoms with Gasteiger partial charge in [0.15, 0.2) is 0 Å². The highest BCUT2D eigenvalue weighted by molar-refractivity contribution is 7.89. The third-order valence-corrected chi connectivity index (χ3v) is 7.11. The topological polar surface area (TPSA) is 122 Å². The van der Waals surface area contributed by atoms with Crippen LogP contribution in [0.4, 0.5) is 0 Å². The van der Waals surface area contributed by atoms with Crippen molar-refractivity contribution in [2.75, 3.05) is 26.2 Å². The largest absolute Gasteiger partial charge is 0.354 e. The van der Waals surface area contributed by atoms with Gasteiger partial charge in [-0.1, -0.05) is 18.9 Å². The van der Waals surface area contributed by atoms with E-state index in [4.69, 9.17) is 5.73 Å². The molecule has 2 amide bonds. The smallest absolute Gasteiger partial charge is 0.251 e. The molecule has 8 nitrogen and oxygen atoms in total. The van der Waals surface area contributed by atoms with Gasteiger partial charge in [-0.3, -0.25) is 9.59 Å². The van der Waals surface area contributed by atoms with Crippen molar-refractivity contribution in [1.29, 1.82) is 0 Å². The van der Waals surface area contributed by atoms with E-state index in [0.717, 1.165) is 30.0 Å². The number of hydrogen-bond donors (Lipinski definition) is 3. The first-order valence-electron chi connectivity index (χ1n) is 9.29. The number of nitrogens with two attached hydrogens (primary N) is 1. The van der Waals surface area contributed by atoms with Crippen molar-refractivity contribution in [3.05, 3.63) is 29.8 Å². The van der Waals surface area contributed by atoms with Gasteiger partial charge < -0.3 is 16.4 Å². The number of hydrogen-bond acceptors (Lipinski definition) is 5. The normalized spacial score (nSPS) is 23.4. The lowest BCUT2D eigenvalue weighted by atomic mass is 9.84. The summed E-state index contributed by atoms with van der Waals surface area (Å²) < 4.78 is 26.7. The van der Waals surface area contributed by atoms with Crippen molar-refractivity contribution in [2.24, 2.45) is 11.7 Å². The van der Waals surface area contributed by atoms with Crippen molar-refractivity contribution in [2.45, 2.75) is 36.6 Å². The standard InChI is InChI=1S/C18H26N4O4S.ClH/c19-11-14-4-1-2-7-16(14)21-18(24)13-5-3-6-15(10-13)27(25,26)22-9-8-20-17(23)12-22;/h3,5-6,10,14,16H,1-2,4,7-9,11-12,19H2,(H,20,23)(H,21,24);1H. The molecule has 0 spiro atoms. The molecule has 2 atom stereocenters. The van der Waals surface area contributed by atoms with Gasteiger partial charge in [0.05, 0.1) is 11.4 Å². The average Bonchev–Trinajstić information content (AvgIpc) is 2.68. The number of carbonyl (C=O) groups is 2. The van der Waals surface area contributed by atoms with Gasteiger partial charge in [0.2, 0.25) is 15.9 Å². The van der Waals surface area contributed by atoms with Crippen LogP contribution in [0.5, 0.6) is 0 Å². The first kappa shape index (κ1) is 22.6. The molecule has 1 saturated carbocycles.